The highest BCUT2D eigenvalue weighted by Crippen LogP contribution is 2.24. The van der Waals surface area contributed by atoms with Gasteiger partial charge in [0.1, 0.15) is 0 Å². The summed E-state index contributed by atoms with van der Waals surface area (Å²) in [5.74, 6) is -0.524. The van der Waals surface area contributed by atoms with E-state index in [0.717, 1.165) is 0 Å². The Balaban J connectivity index is 1.74. The lowest BCUT2D eigenvalue weighted by Crippen LogP contribution is -2.31. The smallest absolute Gasteiger partial charge is 0.267 e. The third-order valence-corrected chi connectivity index (χ3v) is 6.31. The van der Waals surface area contributed by atoms with Crippen LogP contribution in [0.4, 0.5) is 11.4 Å². The Bertz CT molecular complexity index is 1290. The minimum absolute atomic E-state index is 0.0519. The lowest BCUT2D eigenvalue weighted by molar-refractivity contribution is -0.384. The molecule has 10 heteroatoms. The van der Waals surface area contributed by atoms with Crippen molar-refractivity contribution in [3.63, 3.8) is 0 Å². The predicted molar refractivity (Wildman–Crippen MR) is 126 cm³/mol. The van der Waals surface area contributed by atoms with Crippen molar-refractivity contribution in [2.24, 2.45) is 5.10 Å². The normalized spacial score (nSPS) is 11.2. The number of hydrogen-bond acceptors (Lipinski definition) is 6. The molecule has 0 bridgehead atoms. The van der Waals surface area contributed by atoms with E-state index in [2.05, 4.69) is 17.1 Å². The number of nitrogens with one attached hydrogen (secondary N) is 1. The van der Waals surface area contributed by atoms with Crippen LogP contribution in [-0.2, 0) is 10.0 Å². The number of carbonyl (C=O) groups is 1. The average molecular weight is 465 g/mol. The zero-order valence-corrected chi connectivity index (χ0v) is 18.2. The van der Waals surface area contributed by atoms with Crippen molar-refractivity contribution in [3.05, 3.63) is 113 Å². The summed E-state index contributed by atoms with van der Waals surface area (Å²) in [5.41, 5.74) is 3.33. The largest absolute Gasteiger partial charge is 0.271 e. The van der Waals surface area contributed by atoms with Gasteiger partial charge in [0.05, 0.1) is 28.3 Å². The number of carbonyl (C=O) groups excluding carboxylic acids is 1. The number of hydrazone groups is 1. The predicted octanol–water partition coefficient (Wildman–Crippen LogP) is 3.74. The topological polar surface area (TPSA) is 122 Å². The average Bonchev–Trinajstić information content (AvgIpc) is 2.83. The summed E-state index contributed by atoms with van der Waals surface area (Å²) in [7, 11) is -3.81. The van der Waals surface area contributed by atoms with Gasteiger partial charge in [0, 0.05) is 23.3 Å². The van der Waals surface area contributed by atoms with Gasteiger partial charge in [0.15, 0.2) is 0 Å². The molecule has 0 spiro atoms. The Hall–Kier alpha value is -4.31. The van der Waals surface area contributed by atoms with E-state index in [1.807, 2.05) is 0 Å². The first kappa shape index (κ1) is 23.4. The van der Waals surface area contributed by atoms with E-state index >= 15 is 0 Å². The minimum Gasteiger partial charge on any atom is -0.267 e. The van der Waals surface area contributed by atoms with Crippen LogP contribution in [0.15, 0.2) is 102 Å². The molecule has 3 aromatic rings. The molecule has 168 valence electrons. The van der Waals surface area contributed by atoms with Gasteiger partial charge in [-0.05, 0) is 36.4 Å². The van der Waals surface area contributed by atoms with Gasteiger partial charge in [-0.3, -0.25) is 19.2 Å². The molecule has 0 heterocycles. The molecule has 0 saturated heterocycles. The molecule has 0 atom stereocenters. The number of nitro groups is 1. The van der Waals surface area contributed by atoms with Crippen LogP contribution in [0, 0.1) is 10.1 Å². The van der Waals surface area contributed by atoms with Crippen LogP contribution in [0.5, 0.6) is 0 Å². The van der Waals surface area contributed by atoms with E-state index in [0.29, 0.717) is 11.3 Å². The number of nitrogens with zero attached hydrogens (tertiary/aromatic N) is 3. The van der Waals surface area contributed by atoms with E-state index in [9.17, 15) is 23.3 Å². The lowest BCUT2D eigenvalue weighted by atomic mass is 10.2. The second-order valence-electron chi connectivity index (χ2n) is 6.74. The molecular formula is C23H20N4O5S. The molecule has 0 unspecified atom stereocenters. The minimum atomic E-state index is -3.81. The first-order valence-corrected chi connectivity index (χ1v) is 11.1. The summed E-state index contributed by atoms with van der Waals surface area (Å²) < 4.78 is 27.2. The van der Waals surface area contributed by atoms with Gasteiger partial charge in [-0.15, -0.1) is 6.58 Å². The van der Waals surface area contributed by atoms with Crippen LogP contribution in [0.1, 0.15) is 15.9 Å². The Morgan fingerprint density at radius 2 is 1.76 bits per heavy atom. The van der Waals surface area contributed by atoms with Crippen molar-refractivity contribution in [2.45, 2.75) is 4.90 Å². The van der Waals surface area contributed by atoms with Gasteiger partial charge in [-0.2, -0.15) is 5.10 Å². The molecule has 0 radical (unpaired) electrons. The Morgan fingerprint density at radius 1 is 1.06 bits per heavy atom. The summed E-state index contributed by atoms with van der Waals surface area (Å²) in [6, 6.07) is 19.8. The zero-order chi connectivity index (χ0) is 23.8. The van der Waals surface area contributed by atoms with E-state index in [1.165, 1.54) is 71.2 Å². The van der Waals surface area contributed by atoms with Crippen molar-refractivity contribution >= 4 is 33.5 Å². The van der Waals surface area contributed by atoms with Crippen molar-refractivity contribution < 1.29 is 18.1 Å². The van der Waals surface area contributed by atoms with Crippen LogP contribution >= 0.6 is 0 Å². The monoisotopic (exact) mass is 464 g/mol. The van der Waals surface area contributed by atoms with Gasteiger partial charge in [-0.25, -0.2) is 13.8 Å². The number of sulfonamides is 1. The fourth-order valence-corrected chi connectivity index (χ4v) is 4.36. The first-order chi connectivity index (χ1) is 15.8. The molecule has 0 aliphatic carbocycles. The summed E-state index contributed by atoms with van der Waals surface area (Å²) >= 11 is 0. The fraction of sp³-hybridized carbons (Fsp3) is 0.0435. The summed E-state index contributed by atoms with van der Waals surface area (Å²) in [4.78, 5) is 22.8. The van der Waals surface area contributed by atoms with E-state index in [-0.39, 0.29) is 22.7 Å². The SMILES string of the molecule is C=CCN(c1ccc(C(=O)N/N=C\c2cccc([N+](=O)[O-])c2)cc1)S(=O)(=O)c1ccccc1. The van der Waals surface area contributed by atoms with Crippen LogP contribution < -0.4 is 9.73 Å². The number of non-ortho nitro benzene ring substituents is 1. The third-order valence-electron chi connectivity index (χ3n) is 4.50. The standard InChI is InChI=1S/C23H20N4O5S/c1-2-15-26(33(31,32)22-9-4-3-5-10-22)20-13-11-19(12-14-20)23(28)25-24-17-18-7-6-8-21(16-18)27(29)30/h2-14,16-17H,1,15H2,(H,25,28)/b24-17-. The van der Waals surface area contributed by atoms with Crippen molar-refractivity contribution in [1.29, 1.82) is 0 Å². The fourth-order valence-electron chi connectivity index (χ4n) is 2.91. The first-order valence-electron chi connectivity index (χ1n) is 9.69. The molecule has 3 aromatic carbocycles. The van der Waals surface area contributed by atoms with Crippen LogP contribution in [0.2, 0.25) is 0 Å². The van der Waals surface area contributed by atoms with Crippen molar-refractivity contribution in [2.75, 3.05) is 10.8 Å². The zero-order valence-electron chi connectivity index (χ0n) is 17.4. The molecule has 33 heavy (non-hydrogen) atoms. The maximum Gasteiger partial charge on any atom is 0.271 e. The molecule has 1 amide bonds. The maximum atomic E-state index is 13.0. The molecule has 0 fully saturated rings. The molecule has 1 N–H and O–H groups in total. The number of nitro benzene ring substituents is 1. The Kier molecular flexibility index (Phi) is 7.31. The molecule has 0 saturated carbocycles. The number of amides is 1. The highest BCUT2D eigenvalue weighted by Gasteiger charge is 2.23. The van der Waals surface area contributed by atoms with Gasteiger partial charge in [0.2, 0.25) is 0 Å². The van der Waals surface area contributed by atoms with Crippen molar-refractivity contribution in [1.82, 2.24) is 5.43 Å². The quantitative estimate of drug-likeness (QED) is 0.224. The van der Waals surface area contributed by atoms with Gasteiger partial charge >= 0.3 is 0 Å². The molecular weight excluding hydrogens is 444 g/mol. The number of anilines is 1. The Morgan fingerprint density at radius 3 is 2.39 bits per heavy atom. The number of hydrogen-bond donors (Lipinski definition) is 1. The van der Waals surface area contributed by atoms with Crippen LogP contribution in [-0.4, -0.2) is 32.0 Å². The molecule has 0 aromatic heterocycles. The molecule has 3 rings (SSSR count). The maximum absolute atomic E-state index is 13.0. The second-order valence-corrected chi connectivity index (χ2v) is 8.60. The van der Waals surface area contributed by atoms with Crippen molar-refractivity contribution in [3.8, 4) is 0 Å². The van der Waals surface area contributed by atoms with Gasteiger partial charge < -0.3 is 0 Å². The highest BCUT2D eigenvalue weighted by molar-refractivity contribution is 7.92. The second kappa shape index (κ2) is 10.3. The lowest BCUT2D eigenvalue weighted by Gasteiger charge is -2.23. The van der Waals surface area contributed by atoms with Crippen LogP contribution in [0.25, 0.3) is 0 Å². The summed E-state index contributed by atoms with van der Waals surface area (Å²) in [5, 5.41) is 14.6. The molecule has 0 aliphatic heterocycles. The molecule has 0 aliphatic rings. The van der Waals surface area contributed by atoms with E-state index in [4.69, 9.17) is 0 Å². The number of benzene rings is 3. The molecule has 9 nitrogen and oxygen atoms in total. The Labute approximate surface area is 190 Å². The van der Waals surface area contributed by atoms with E-state index in [1.54, 1.807) is 24.3 Å². The van der Waals surface area contributed by atoms with Gasteiger partial charge in [-0.1, -0.05) is 36.4 Å². The summed E-state index contributed by atoms with van der Waals surface area (Å²) in [6.07, 6.45) is 2.77. The van der Waals surface area contributed by atoms with Gasteiger partial charge in [0.25, 0.3) is 21.6 Å². The van der Waals surface area contributed by atoms with E-state index < -0.39 is 20.9 Å². The number of rotatable bonds is 9. The third kappa shape index (κ3) is 5.69. The highest BCUT2D eigenvalue weighted by atomic mass is 32.2. The van der Waals surface area contributed by atoms with Crippen LogP contribution in [0.3, 0.4) is 0 Å². The summed E-state index contributed by atoms with van der Waals surface area (Å²) in [6.45, 7) is 3.68.